The second-order valence-electron chi connectivity index (χ2n) is 5.88. The predicted molar refractivity (Wildman–Crippen MR) is 90.5 cm³/mol. The monoisotopic (exact) mass is 322 g/mol. The number of fused-ring (bicyclic) bond motifs is 1. The van der Waals surface area contributed by atoms with Gasteiger partial charge in [0.25, 0.3) is 5.91 Å². The fraction of sp³-hybridized carbons (Fsp3) is 0.471. The molecule has 0 aliphatic carbocycles. The number of furan rings is 1. The average molecular weight is 323 g/mol. The minimum Gasteiger partial charge on any atom is -0.451 e. The lowest BCUT2D eigenvalue weighted by Gasteiger charge is -2.35. The molecule has 0 radical (unpaired) electrons. The maximum Gasteiger partial charge on any atom is 0.289 e. The summed E-state index contributed by atoms with van der Waals surface area (Å²) >= 11 is 0. The smallest absolute Gasteiger partial charge is 0.289 e. The molecule has 1 aliphatic rings. The van der Waals surface area contributed by atoms with E-state index in [0.29, 0.717) is 12.3 Å². The fourth-order valence-corrected chi connectivity index (χ4v) is 3.17. The van der Waals surface area contributed by atoms with Crippen molar-refractivity contribution in [2.24, 2.45) is 5.73 Å². The van der Waals surface area contributed by atoms with Gasteiger partial charge in [-0.15, -0.1) is 12.4 Å². The maximum absolute atomic E-state index is 12.7. The van der Waals surface area contributed by atoms with E-state index in [2.05, 4.69) is 0 Å². The quantitative estimate of drug-likeness (QED) is 0.940. The van der Waals surface area contributed by atoms with Crippen LogP contribution in [0.4, 0.5) is 0 Å². The molecule has 4 nitrogen and oxygen atoms in total. The Hall–Kier alpha value is -1.52. The number of hydrogen-bond donors (Lipinski definition) is 1. The molecule has 0 spiro atoms. The fourth-order valence-electron chi connectivity index (χ4n) is 3.17. The van der Waals surface area contributed by atoms with Crippen LogP contribution in [0.3, 0.4) is 0 Å². The average Bonchev–Trinajstić information content (AvgIpc) is 2.90. The lowest BCUT2D eigenvalue weighted by molar-refractivity contribution is 0.0575. The first-order chi connectivity index (χ1) is 10.2. The van der Waals surface area contributed by atoms with Crippen LogP contribution < -0.4 is 5.73 Å². The molecule has 1 saturated heterocycles. The molecular formula is C17H23ClN2O2. The molecule has 0 bridgehead atoms. The zero-order valence-electron chi connectivity index (χ0n) is 12.9. The van der Waals surface area contributed by atoms with E-state index in [1.807, 2.05) is 36.1 Å². The molecule has 1 amide bonds. The van der Waals surface area contributed by atoms with Gasteiger partial charge in [0.15, 0.2) is 5.76 Å². The van der Waals surface area contributed by atoms with E-state index in [9.17, 15) is 4.79 Å². The van der Waals surface area contributed by atoms with Crippen molar-refractivity contribution in [3.8, 4) is 0 Å². The number of amides is 1. The third kappa shape index (κ3) is 3.28. The van der Waals surface area contributed by atoms with Crippen LogP contribution in [0, 0.1) is 6.92 Å². The molecule has 2 N–H and O–H groups in total. The van der Waals surface area contributed by atoms with Crippen molar-refractivity contribution in [2.75, 3.05) is 13.1 Å². The molecule has 1 aromatic carbocycles. The Morgan fingerprint density at radius 1 is 1.36 bits per heavy atom. The van der Waals surface area contributed by atoms with Gasteiger partial charge in [-0.3, -0.25) is 4.79 Å². The molecule has 22 heavy (non-hydrogen) atoms. The Morgan fingerprint density at radius 3 is 2.95 bits per heavy atom. The summed E-state index contributed by atoms with van der Waals surface area (Å²) < 4.78 is 5.74. The van der Waals surface area contributed by atoms with Gasteiger partial charge in [0.2, 0.25) is 0 Å². The number of rotatable bonds is 3. The number of piperidine rings is 1. The highest BCUT2D eigenvalue weighted by molar-refractivity contribution is 5.96. The Labute approximate surface area is 137 Å². The highest BCUT2D eigenvalue weighted by atomic mass is 35.5. The van der Waals surface area contributed by atoms with Crippen molar-refractivity contribution in [2.45, 2.75) is 38.6 Å². The molecule has 2 heterocycles. The van der Waals surface area contributed by atoms with Gasteiger partial charge in [-0.25, -0.2) is 0 Å². The van der Waals surface area contributed by atoms with Crippen molar-refractivity contribution in [1.82, 2.24) is 4.90 Å². The third-order valence-corrected chi connectivity index (χ3v) is 4.27. The van der Waals surface area contributed by atoms with Crippen LogP contribution in [-0.4, -0.2) is 29.9 Å². The van der Waals surface area contributed by atoms with Crippen molar-refractivity contribution in [3.63, 3.8) is 0 Å². The second-order valence-corrected chi connectivity index (χ2v) is 5.88. The molecule has 1 aromatic heterocycles. The molecule has 1 aliphatic heterocycles. The number of hydrogen-bond acceptors (Lipinski definition) is 3. The zero-order chi connectivity index (χ0) is 14.8. The molecule has 1 fully saturated rings. The molecule has 1 atom stereocenters. The van der Waals surface area contributed by atoms with E-state index in [0.717, 1.165) is 36.8 Å². The van der Waals surface area contributed by atoms with Gasteiger partial charge >= 0.3 is 0 Å². The van der Waals surface area contributed by atoms with Crippen LogP contribution >= 0.6 is 12.4 Å². The Bertz CT molecular complexity index is 651. The summed E-state index contributed by atoms with van der Waals surface area (Å²) in [6, 6.07) is 8.08. The first-order valence-corrected chi connectivity index (χ1v) is 7.70. The molecule has 5 heteroatoms. The van der Waals surface area contributed by atoms with Crippen LogP contribution in [0.2, 0.25) is 0 Å². The molecule has 3 rings (SSSR count). The van der Waals surface area contributed by atoms with Crippen molar-refractivity contribution >= 4 is 29.3 Å². The number of nitrogens with two attached hydrogens (primary N) is 1. The standard InChI is InChI=1S/C17H22N2O2.ClH/c1-12-5-6-15-13(10-12)11-16(21-15)17(20)19-9-3-2-4-14(19)7-8-18;/h5-6,10-11,14H,2-4,7-9,18H2,1H3;1H. The van der Waals surface area contributed by atoms with E-state index in [4.69, 9.17) is 10.2 Å². The number of carbonyl (C=O) groups excluding carboxylic acids is 1. The van der Waals surface area contributed by atoms with E-state index < -0.39 is 0 Å². The summed E-state index contributed by atoms with van der Waals surface area (Å²) in [5.41, 5.74) is 7.62. The molecule has 0 saturated carbocycles. The van der Waals surface area contributed by atoms with Crippen LogP contribution in [-0.2, 0) is 0 Å². The maximum atomic E-state index is 12.7. The van der Waals surface area contributed by atoms with Crippen LogP contribution in [0.25, 0.3) is 11.0 Å². The molecule has 1 unspecified atom stereocenters. The Kier molecular flexibility index (Phi) is 5.48. The molecule has 2 aromatic rings. The van der Waals surface area contributed by atoms with Gasteiger partial charge < -0.3 is 15.1 Å². The van der Waals surface area contributed by atoms with E-state index in [-0.39, 0.29) is 24.4 Å². The van der Waals surface area contributed by atoms with Crippen LogP contribution in [0.5, 0.6) is 0 Å². The van der Waals surface area contributed by atoms with E-state index >= 15 is 0 Å². The highest BCUT2D eigenvalue weighted by Gasteiger charge is 2.28. The second kappa shape index (κ2) is 7.16. The normalized spacial score (nSPS) is 18.3. The number of nitrogens with zero attached hydrogens (tertiary/aromatic N) is 1. The lowest BCUT2D eigenvalue weighted by atomic mass is 9.99. The van der Waals surface area contributed by atoms with Gasteiger partial charge in [0, 0.05) is 18.0 Å². The highest BCUT2D eigenvalue weighted by Crippen LogP contribution is 2.25. The van der Waals surface area contributed by atoms with Gasteiger partial charge in [0.1, 0.15) is 5.58 Å². The van der Waals surface area contributed by atoms with Crippen molar-refractivity contribution < 1.29 is 9.21 Å². The molecule has 120 valence electrons. The van der Waals surface area contributed by atoms with Gasteiger partial charge in [-0.2, -0.15) is 0 Å². The summed E-state index contributed by atoms with van der Waals surface area (Å²) in [5.74, 6) is 0.446. The first-order valence-electron chi connectivity index (χ1n) is 7.70. The topological polar surface area (TPSA) is 59.5 Å². The third-order valence-electron chi connectivity index (χ3n) is 4.27. The van der Waals surface area contributed by atoms with Crippen molar-refractivity contribution in [3.05, 3.63) is 35.6 Å². The first kappa shape index (κ1) is 16.8. The van der Waals surface area contributed by atoms with Gasteiger partial charge in [-0.05, 0) is 57.4 Å². The van der Waals surface area contributed by atoms with E-state index in [1.165, 1.54) is 12.0 Å². The summed E-state index contributed by atoms with van der Waals surface area (Å²) in [4.78, 5) is 14.7. The zero-order valence-corrected chi connectivity index (χ0v) is 13.7. The largest absolute Gasteiger partial charge is 0.451 e. The lowest BCUT2D eigenvalue weighted by Crippen LogP contribution is -2.44. The van der Waals surface area contributed by atoms with Crippen LogP contribution in [0.1, 0.15) is 41.8 Å². The number of benzene rings is 1. The molecular weight excluding hydrogens is 300 g/mol. The number of aryl methyl sites for hydroxylation is 1. The summed E-state index contributed by atoms with van der Waals surface area (Å²) in [5, 5.41) is 0.991. The Balaban J connectivity index is 0.00000176. The number of carbonyl (C=O) groups is 1. The SMILES string of the molecule is Cc1ccc2oc(C(=O)N3CCCCC3CCN)cc2c1.Cl. The van der Waals surface area contributed by atoms with Crippen molar-refractivity contribution in [1.29, 1.82) is 0 Å². The summed E-state index contributed by atoms with van der Waals surface area (Å²) in [7, 11) is 0. The minimum absolute atomic E-state index is 0. The predicted octanol–water partition coefficient (Wildman–Crippen LogP) is 3.51. The Morgan fingerprint density at radius 2 is 2.18 bits per heavy atom. The van der Waals surface area contributed by atoms with Gasteiger partial charge in [0.05, 0.1) is 0 Å². The van der Waals surface area contributed by atoms with Crippen LogP contribution in [0.15, 0.2) is 28.7 Å². The summed E-state index contributed by atoms with van der Waals surface area (Å²) in [6.07, 6.45) is 4.15. The summed E-state index contributed by atoms with van der Waals surface area (Å²) in [6.45, 7) is 3.46. The number of likely N-dealkylation sites (tertiary alicyclic amines) is 1. The van der Waals surface area contributed by atoms with Gasteiger partial charge in [-0.1, -0.05) is 11.6 Å². The van der Waals surface area contributed by atoms with E-state index in [1.54, 1.807) is 0 Å². The number of halogens is 1. The minimum atomic E-state index is 0.